The van der Waals surface area contributed by atoms with Crippen LogP contribution < -0.4 is 11.1 Å². The number of anilines is 1. The third kappa shape index (κ3) is 2.42. The number of nitrogens with two attached hydrogens (primary N) is 1. The molecule has 0 spiro atoms. The topological polar surface area (TPSA) is 55.1 Å². The molecule has 1 atom stereocenters. The SMILES string of the molecule is CC(CN)CCc1ccc2c(c1)CC(=O)N2. The molecule has 1 amide bonds. The number of carbonyl (C=O) groups excluding carboxylic acids is 1. The molecule has 0 saturated heterocycles. The summed E-state index contributed by atoms with van der Waals surface area (Å²) in [6, 6.07) is 6.23. The van der Waals surface area contributed by atoms with Crippen molar-refractivity contribution in [3.05, 3.63) is 29.3 Å². The first-order valence-electron chi connectivity index (χ1n) is 5.80. The molecule has 1 aromatic rings. The molecule has 2 rings (SSSR count). The van der Waals surface area contributed by atoms with Gasteiger partial charge in [-0.3, -0.25) is 4.79 Å². The lowest BCUT2D eigenvalue weighted by molar-refractivity contribution is -0.115. The van der Waals surface area contributed by atoms with Gasteiger partial charge in [-0.15, -0.1) is 0 Å². The number of hydrogen-bond donors (Lipinski definition) is 2. The zero-order chi connectivity index (χ0) is 11.5. The molecule has 0 bridgehead atoms. The molecule has 1 aliphatic rings. The molecule has 1 heterocycles. The van der Waals surface area contributed by atoms with Crippen LogP contribution in [0.25, 0.3) is 0 Å². The van der Waals surface area contributed by atoms with Gasteiger partial charge in [-0.05, 0) is 42.5 Å². The fourth-order valence-corrected chi connectivity index (χ4v) is 1.97. The molecule has 0 saturated carbocycles. The van der Waals surface area contributed by atoms with Gasteiger partial charge in [-0.2, -0.15) is 0 Å². The smallest absolute Gasteiger partial charge is 0.228 e. The summed E-state index contributed by atoms with van der Waals surface area (Å²) < 4.78 is 0. The van der Waals surface area contributed by atoms with E-state index in [0.29, 0.717) is 12.3 Å². The van der Waals surface area contributed by atoms with Crippen LogP contribution in [0, 0.1) is 5.92 Å². The minimum absolute atomic E-state index is 0.0995. The van der Waals surface area contributed by atoms with Crippen LogP contribution in [0.5, 0.6) is 0 Å². The maximum absolute atomic E-state index is 11.2. The van der Waals surface area contributed by atoms with E-state index in [2.05, 4.69) is 24.4 Å². The Labute approximate surface area is 96.0 Å². The molecule has 1 unspecified atom stereocenters. The minimum Gasteiger partial charge on any atom is -0.330 e. The molecular weight excluding hydrogens is 200 g/mol. The first kappa shape index (κ1) is 11.1. The Morgan fingerprint density at radius 2 is 2.31 bits per heavy atom. The lowest BCUT2D eigenvalue weighted by Crippen LogP contribution is -2.11. The zero-order valence-corrected chi connectivity index (χ0v) is 9.62. The monoisotopic (exact) mass is 218 g/mol. The highest BCUT2D eigenvalue weighted by Crippen LogP contribution is 2.24. The van der Waals surface area contributed by atoms with Crippen molar-refractivity contribution < 1.29 is 4.79 Å². The summed E-state index contributed by atoms with van der Waals surface area (Å²) >= 11 is 0. The average molecular weight is 218 g/mol. The minimum atomic E-state index is 0.0995. The maximum atomic E-state index is 11.2. The fourth-order valence-electron chi connectivity index (χ4n) is 1.97. The van der Waals surface area contributed by atoms with Gasteiger partial charge in [-0.25, -0.2) is 0 Å². The van der Waals surface area contributed by atoms with E-state index in [0.717, 1.165) is 30.6 Å². The second kappa shape index (κ2) is 4.66. The highest BCUT2D eigenvalue weighted by atomic mass is 16.1. The van der Waals surface area contributed by atoms with Crippen molar-refractivity contribution >= 4 is 11.6 Å². The Kier molecular flexibility index (Phi) is 3.25. The Bertz CT molecular complexity index is 401. The molecule has 3 heteroatoms. The van der Waals surface area contributed by atoms with E-state index >= 15 is 0 Å². The third-order valence-electron chi connectivity index (χ3n) is 3.12. The summed E-state index contributed by atoms with van der Waals surface area (Å²) in [6.45, 7) is 2.91. The van der Waals surface area contributed by atoms with Gasteiger partial charge in [-0.1, -0.05) is 19.1 Å². The van der Waals surface area contributed by atoms with Crippen LogP contribution in [0.4, 0.5) is 5.69 Å². The van der Waals surface area contributed by atoms with Gasteiger partial charge in [0.05, 0.1) is 6.42 Å². The van der Waals surface area contributed by atoms with Gasteiger partial charge < -0.3 is 11.1 Å². The Hall–Kier alpha value is -1.35. The highest BCUT2D eigenvalue weighted by molar-refractivity contribution is 5.99. The van der Waals surface area contributed by atoms with Gasteiger partial charge >= 0.3 is 0 Å². The second-order valence-electron chi connectivity index (χ2n) is 4.60. The number of nitrogens with one attached hydrogen (secondary N) is 1. The summed E-state index contributed by atoms with van der Waals surface area (Å²) in [5.41, 5.74) is 8.99. The van der Waals surface area contributed by atoms with Crippen molar-refractivity contribution in [1.82, 2.24) is 0 Å². The predicted molar refractivity (Wildman–Crippen MR) is 65.3 cm³/mol. The van der Waals surface area contributed by atoms with Crippen molar-refractivity contribution in [1.29, 1.82) is 0 Å². The Balaban J connectivity index is 2.02. The van der Waals surface area contributed by atoms with Gasteiger partial charge in [0.2, 0.25) is 5.91 Å². The van der Waals surface area contributed by atoms with Crippen molar-refractivity contribution in [2.45, 2.75) is 26.2 Å². The average Bonchev–Trinajstić information content (AvgIpc) is 2.65. The summed E-state index contributed by atoms with van der Waals surface area (Å²) in [6.07, 6.45) is 2.67. The number of fused-ring (bicyclic) bond motifs is 1. The molecule has 0 aliphatic carbocycles. The van der Waals surface area contributed by atoms with E-state index in [1.807, 2.05) is 6.07 Å². The van der Waals surface area contributed by atoms with Crippen molar-refractivity contribution in [2.24, 2.45) is 11.7 Å². The molecule has 16 heavy (non-hydrogen) atoms. The lowest BCUT2D eigenvalue weighted by Gasteiger charge is -2.08. The van der Waals surface area contributed by atoms with E-state index < -0.39 is 0 Å². The number of carbonyl (C=O) groups is 1. The number of aryl methyl sites for hydroxylation is 1. The van der Waals surface area contributed by atoms with Crippen molar-refractivity contribution in [3.63, 3.8) is 0 Å². The lowest BCUT2D eigenvalue weighted by atomic mass is 9.99. The fraction of sp³-hybridized carbons (Fsp3) is 0.462. The number of rotatable bonds is 4. The summed E-state index contributed by atoms with van der Waals surface area (Å²) in [4.78, 5) is 11.2. The van der Waals surface area contributed by atoms with E-state index in [9.17, 15) is 4.79 Å². The molecule has 3 nitrogen and oxygen atoms in total. The first-order chi connectivity index (χ1) is 7.69. The first-order valence-corrected chi connectivity index (χ1v) is 5.80. The quantitative estimate of drug-likeness (QED) is 0.808. The van der Waals surface area contributed by atoms with Crippen LogP contribution in [0.2, 0.25) is 0 Å². The molecule has 86 valence electrons. The highest BCUT2D eigenvalue weighted by Gasteiger charge is 2.17. The molecule has 0 radical (unpaired) electrons. The largest absolute Gasteiger partial charge is 0.330 e. The summed E-state index contributed by atoms with van der Waals surface area (Å²) in [5.74, 6) is 0.662. The zero-order valence-electron chi connectivity index (χ0n) is 9.62. The maximum Gasteiger partial charge on any atom is 0.228 e. The van der Waals surface area contributed by atoms with Gasteiger partial charge in [0, 0.05) is 5.69 Å². The van der Waals surface area contributed by atoms with Gasteiger partial charge in [0.15, 0.2) is 0 Å². The van der Waals surface area contributed by atoms with Crippen LogP contribution in [0.15, 0.2) is 18.2 Å². The molecular formula is C13H18N2O. The predicted octanol–water partition coefficient (Wildman–Crippen LogP) is 1.71. The number of amides is 1. The second-order valence-corrected chi connectivity index (χ2v) is 4.60. The molecule has 3 N–H and O–H groups in total. The summed E-state index contributed by atoms with van der Waals surface area (Å²) in [7, 11) is 0. The summed E-state index contributed by atoms with van der Waals surface area (Å²) in [5, 5.41) is 2.84. The number of benzene rings is 1. The van der Waals surface area contributed by atoms with Crippen LogP contribution in [0.1, 0.15) is 24.5 Å². The molecule has 1 aromatic carbocycles. The molecule has 0 aromatic heterocycles. The van der Waals surface area contributed by atoms with Gasteiger partial charge in [0.25, 0.3) is 0 Å². The van der Waals surface area contributed by atoms with Crippen LogP contribution in [-0.2, 0) is 17.6 Å². The van der Waals surface area contributed by atoms with E-state index in [4.69, 9.17) is 5.73 Å². The molecule has 1 aliphatic heterocycles. The van der Waals surface area contributed by atoms with E-state index in [1.165, 1.54) is 5.56 Å². The van der Waals surface area contributed by atoms with Crippen LogP contribution in [0.3, 0.4) is 0 Å². The van der Waals surface area contributed by atoms with Crippen molar-refractivity contribution in [3.8, 4) is 0 Å². The van der Waals surface area contributed by atoms with Crippen LogP contribution in [-0.4, -0.2) is 12.5 Å². The molecule has 0 fully saturated rings. The van der Waals surface area contributed by atoms with Crippen LogP contribution >= 0.6 is 0 Å². The normalized spacial score (nSPS) is 15.8. The third-order valence-corrected chi connectivity index (χ3v) is 3.12. The Morgan fingerprint density at radius 1 is 1.50 bits per heavy atom. The van der Waals surface area contributed by atoms with E-state index in [-0.39, 0.29) is 5.91 Å². The van der Waals surface area contributed by atoms with Crippen molar-refractivity contribution in [2.75, 3.05) is 11.9 Å². The van der Waals surface area contributed by atoms with E-state index in [1.54, 1.807) is 0 Å². The Morgan fingerprint density at radius 3 is 3.06 bits per heavy atom. The van der Waals surface area contributed by atoms with Gasteiger partial charge in [0.1, 0.15) is 0 Å². The number of hydrogen-bond acceptors (Lipinski definition) is 2. The standard InChI is InChI=1S/C13H18N2O/c1-9(8-14)2-3-10-4-5-12-11(6-10)7-13(16)15-12/h4-6,9H,2-3,7-8,14H2,1H3,(H,15,16).